The van der Waals surface area contributed by atoms with Crippen LogP contribution in [0.3, 0.4) is 0 Å². The molecule has 6 nitrogen and oxygen atoms in total. The summed E-state index contributed by atoms with van der Waals surface area (Å²) in [5.74, 6) is 1.88. The largest absolute Gasteiger partial charge is 0.496 e. The number of aromatic nitrogens is 3. The second kappa shape index (κ2) is 7.52. The first-order valence-corrected chi connectivity index (χ1v) is 8.79. The Bertz CT molecular complexity index is 1100. The molecule has 140 valence electrons. The minimum Gasteiger partial charge on any atom is -0.496 e. The van der Waals surface area contributed by atoms with Crippen LogP contribution in [0.5, 0.6) is 11.6 Å². The van der Waals surface area contributed by atoms with Crippen molar-refractivity contribution in [2.75, 3.05) is 14.2 Å². The summed E-state index contributed by atoms with van der Waals surface area (Å²) >= 11 is 0. The summed E-state index contributed by atoms with van der Waals surface area (Å²) in [6, 6.07) is 19.5. The van der Waals surface area contributed by atoms with Crippen LogP contribution >= 0.6 is 0 Å². The summed E-state index contributed by atoms with van der Waals surface area (Å²) in [4.78, 5) is 9.12. The molecule has 0 atom stereocenters. The zero-order chi connectivity index (χ0) is 19.5. The average Bonchev–Trinajstić information content (AvgIpc) is 3.23. The van der Waals surface area contributed by atoms with E-state index in [1.54, 1.807) is 14.2 Å². The fourth-order valence-electron chi connectivity index (χ4n) is 2.91. The smallest absolute Gasteiger partial charge is 0.262 e. The SMILES string of the molecule is COc1ccccc1-c1nc(-c2ccc(-c3ccc(C)cc3)nc2OC)no1. The maximum atomic E-state index is 5.49. The number of methoxy groups -OCH3 is 2. The molecule has 0 fully saturated rings. The van der Waals surface area contributed by atoms with Crippen LogP contribution < -0.4 is 9.47 Å². The normalized spacial score (nSPS) is 10.7. The summed E-state index contributed by atoms with van der Waals surface area (Å²) in [6.45, 7) is 2.05. The number of ether oxygens (including phenoxy) is 2. The number of hydrogen-bond donors (Lipinski definition) is 0. The van der Waals surface area contributed by atoms with Gasteiger partial charge < -0.3 is 14.0 Å². The number of pyridine rings is 1. The maximum absolute atomic E-state index is 5.49. The quantitative estimate of drug-likeness (QED) is 0.501. The van der Waals surface area contributed by atoms with Gasteiger partial charge in [-0.15, -0.1) is 0 Å². The first-order chi connectivity index (χ1) is 13.7. The molecule has 0 radical (unpaired) electrons. The first-order valence-electron chi connectivity index (χ1n) is 8.79. The number of hydrogen-bond acceptors (Lipinski definition) is 6. The molecule has 28 heavy (non-hydrogen) atoms. The third kappa shape index (κ3) is 3.32. The second-order valence-electron chi connectivity index (χ2n) is 6.24. The molecule has 4 rings (SSSR count). The van der Waals surface area contributed by atoms with Crippen molar-refractivity contribution in [1.29, 1.82) is 0 Å². The van der Waals surface area contributed by atoms with Crippen LogP contribution in [-0.2, 0) is 0 Å². The van der Waals surface area contributed by atoms with Gasteiger partial charge in [-0.05, 0) is 31.2 Å². The topological polar surface area (TPSA) is 70.3 Å². The summed E-state index contributed by atoms with van der Waals surface area (Å²) in [5.41, 5.74) is 4.41. The molecule has 2 aromatic heterocycles. The maximum Gasteiger partial charge on any atom is 0.262 e. The van der Waals surface area contributed by atoms with Gasteiger partial charge >= 0.3 is 0 Å². The number of para-hydroxylation sites is 1. The van der Waals surface area contributed by atoms with E-state index in [1.165, 1.54) is 5.56 Å². The lowest BCUT2D eigenvalue weighted by atomic mass is 10.1. The molecular formula is C22H19N3O3. The van der Waals surface area contributed by atoms with Gasteiger partial charge in [0.1, 0.15) is 5.75 Å². The van der Waals surface area contributed by atoms with Crippen molar-refractivity contribution in [3.05, 3.63) is 66.2 Å². The Hall–Kier alpha value is -3.67. The molecule has 0 aliphatic heterocycles. The predicted molar refractivity (Wildman–Crippen MR) is 106 cm³/mol. The number of nitrogens with zero attached hydrogens (tertiary/aromatic N) is 3. The van der Waals surface area contributed by atoms with Crippen LogP contribution in [0.1, 0.15) is 5.56 Å². The van der Waals surface area contributed by atoms with E-state index in [0.29, 0.717) is 28.9 Å². The zero-order valence-corrected chi connectivity index (χ0v) is 15.8. The van der Waals surface area contributed by atoms with Crippen molar-refractivity contribution in [2.24, 2.45) is 0 Å². The van der Waals surface area contributed by atoms with Gasteiger partial charge in [0.25, 0.3) is 5.89 Å². The van der Waals surface area contributed by atoms with Crippen molar-refractivity contribution in [2.45, 2.75) is 6.92 Å². The monoisotopic (exact) mass is 373 g/mol. The Morgan fingerprint density at radius 3 is 2.32 bits per heavy atom. The fraction of sp³-hybridized carbons (Fsp3) is 0.136. The van der Waals surface area contributed by atoms with Crippen LogP contribution in [0.2, 0.25) is 0 Å². The highest BCUT2D eigenvalue weighted by molar-refractivity contribution is 5.70. The Morgan fingerprint density at radius 2 is 1.57 bits per heavy atom. The molecule has 0 N–H and O–H groups in total. The predicted octanol–water partition coefficient (Wildman–Crippen LogP) is 4.79. The zero-order valence-electron chi connectivity index (χ0n) is 15.8. The Labute approximate surface area is 162 Å². The highest BCUT2D eigenvalue weighted by Gasteiger charge is 2.18. The van der Waals surface area contributed by atoms with E-state index in [4.69, 9.17) is 14.0 Å². The second-order valence-corrected chi connectivity index (χ2v) is 6.24. The molecular weight excluding hydrogens is 354 g/mol. The van der Waals surface area contributed by atoms with Crippen LogP contribution in [0.25, 0.3) is 34.1 Å². The molecule has 0 spiro atoms. The van der Waals surface area contributed by atoms with E-state index in [1.807, 2.05) is 48.5 Å². The van der Waals surface area contributed by atoms with Gasteiger partial charge in [-0.25, -0.2) is 4.98 Å². The number of aryl methyl sites for hydroxylation is 1. The minimum absolute atomic E-state index is 0.372. The highest BCUT2D eigenvalue weighted by Crippen LogP contribution is 2.33. The Morgan fingerprint density at radius 1 is 0.786 bits per heavy atom. The molecule has 0 saturated carbocycles. The molecule has 0 aliphatic carbocycles. The molecule has 0 bridgehead atoms. The molecule has 0 saturated heterocycles. The third-order valence-electron chi connectivity index (χ3n) is 4.41. The van der Waals surface area contributed by atoms with E-state index >= 15 is 0 Å². The van der Waals surface area contributed by atoms with E-state index in [0.717, 1.165) is 16.8 Å². The third-order valence-corrected chi connectivity index (χ3v) is 4.41. The number of benzene rings is 2. The molecule has 4 aromatic rings. The minimum atomic E-state index is 0.372. The number of rotatable bonds is 5. The lowest BCUT2D eigenvalue weighted by Gasteiger charge is -2.07. The Kier molecular flexibility index (Phi) is 4.76. The van der Waals surface area contributed by atoms with E-state index < -0.39 is 0 Å². The van der Waals surface area contributed by atoms with E-state index in [2.05, 4.69) is 34.2 Å². The summed E-state index contributed by atoms with van der Waals surface area (Å²) in [7, 11) is 3.18. The van der Waals surface area contributed by atoms with Gasteiger partial charge in [-0.3, -0.25) is 0 Å². The van der Waals surface area contributed by atoms with Crippen molar-refractivity contribution in [3.63, 3.8) is 0 Å². The van der Waals surface area contributed by atoms with Gasteiger partial charge in [0, 0.05) is 5.56 Å². The van der Waals surface area contributed by atoms with Gasteiger partial charge in [0.05, 0.1) is 31.0 Å². The van der Waals surface area contributed by atoms with Gasteiger partial charge in [-0.1, -0.05) is 47.1 Å². The summed E-state index contributed by atoms with van der Waals surface area (Å²) < 4.78 is 16.3. The van der Waals surface area contributed by atoms with Crippen LogP contribution in [-0.4, -0.2) is 29.3 Å². The fourth-order valence-corrected chi connectivity index (χ4v) is 2.91. The standard InChI is InChI=1S/C22H19N3O3/c1-14-8-10-15(11-9-14)18-13-12-17(21(23-18)27-3)20-24-22(28-25-20)16-6-4-5-7-19(16)26-2/h4-13H,1-3H3. The van der Waals surface area contributed by atoms with Gasteiger partial charge in [-0.2, -0.15) is 4.98 Å². The molecule has 2 aromatic carbocycles. The molecule has 0 unspecified atom stereocenters. The Balaban J connectivity index is 1.72. The van der Waals surface area contributed by atoms with Gasteiger partial charge in [0.15, 0.2) is 0 Å². The summed E-state index contributed by atoms with van der Waals surface area (Å²) in [6.07, 6.45) is 0. The molecule has 0 aliphatic rings. The van der Waals surface area contributed by atoms with E-state index in [9.17, 15) is 0 Å². The molecule has 2 heterocycles. The van der Waals surface area contributed by atoms with Crippen molar-refractivity contribution >= 4 is 0 Å². The molecule has 0 amide bonds. The average molecular weight is 373 g/mol. The lowest BCUT2D eigenvalue weighted by molar-refractivity contribution is 0.397. The van der Waals surface area contributed by atoms with Crippen molar-refractivity contribution in [3.8, 4) is 45.7 Å². The van der Waals surface area contributed by atoms with Crippen LogP contribution in [0, 0.1) is 6.92 Å². The van der Waals surface area contributed by atoms with Gasteiger partial charge in [0.2, 0.25) is 11.7 Å². The van der Waals surface area contributed by atoms with Crippen LogP contribution in [0.15, 0.2) is 65.2 Å². The van der Waals surface area contributed by atoms with Crippen molar-refractivity contribution in [1.82, 2.24) is 15.1 Å². The highest BCUT2D eigenvalue weighted by atomic mass is 16.5. The van der Waals surface area contributed by atoms with Crippen molar-refractivity contribution < 1.29 is 14.0 Å². The van der Waals surface area contributed by atoms with E-state index in [-0.39, 0.29) is 0 Å². The summed E-state index contributed by atoms with van der Waals surface area (Å²) in [5, 5.41) is 4.10. The first kappa shape index (κ1) is 17.7. The van der Waals surface area contributed by atoms with Crippen LogP contribution in [0.4, 0.5) is 0 Å². The molecule has 6 heteroatoms. The lowest BCUT2D eigenvalue weighted by Crippen LogP contribution is -1.95.